The number of amides is 1. The largest absolute Gasteiger partial charge is 0.754 e. The van der Waals surface area contributed by atoms with Crippen molar-refractivity contribution in [2.45, 2.75) is 6.92 Å². The number of anilines is 3. The van der Waals surface area contributed by atoms with Crippen LogP contribution < -0.4 is 20.4 Å². The van der Waals surface area contributed by atoms with Crippen LogP contribution in [0.1, 0.15) is 6.92 Å². The summed E-state index contributed by atoms with van der Waals surface area (Å²) in [5.74, 6) is 0.255. The topological polar surface area (TPSA) is 108 Å². The zero-order valence-electron chi connectivity index (χ0n) is 11.2. The minimum Gasteiger partial charge on any atom is -0.754 e. The van der Waals surface area contributed by atoms with Crippen molar-refractivity contribution in [2.75, 3.05) is 48.6 Å². The number of morpholine rings is 1. The molecule has 2 heterocycles. The summed E-state index contributed by atoms with van der Waals surface area (Å²) in [6.45, 7) is 4.39. The third kappa shape index (κ3) is 2.89. The molecule has 1 amide bonds. The van der Waals surface area contributed by atoms with Gasteiger partial charge in [-0.15, -0.1) is 5.06 Å². The van der Waals surface area contributed by atoms with Crippen LogP contribution >= 0.6 is 0 Å². The second-order valence-electron chi connectivity index (χ2n) is 4.07. The van der Waals surface area contributed by atoms with Crippen LogP contribution in [0.2, 0.25) is 0 Å². The fraction of sp³-hybridized carbons (Fsp3) is 0.545. The monoisotopic (exact) mass is 283 g/mol. The van der Waals surface area contributed by atoms with Gasteiger partial charge in [-0.3, -0.25) is 4.79 Å². The maximum Gasteiger partial charge on any atom is 0.346 e. The molecular weight excluding hydrogens is 266 g/mol. The maximum atomic E-state index is 11.9. The Morgan fingerprint density at radius 3 is 2.95 bits per heavy atom. The third-order valence-electron chi connectivity index (χ3n) is 2.83. The van der Waals surface area contributed by atoms with Crippen molar-refractivity contribution in [1.29, 1.82) is 0 Å². The Bertz CT molecular complexity index is 478. The molecule has 1 aromatic heterocycles. The first-order valence-corrected chi connectivity index (χ1v) is 6.27. The number of nitrogens with two attached hydrogens (primary N) is 1. The third-order valence-corrected chi connectivity index (χ3v) is 2.83. The summed E-state index contributed by atoms with van der Waals surface area (Å²) in [4.78, 5) is 22.0. The molecule has 110 valence electrons. The minimum atomic E-state index is -0.240. The first-order chi connectivity index (χ1) is 9.67. The fourth-order valence-corrected chi connectivity index (χ4v) is 1.88. The van der Waals surface area contributed by atoms with Crippen molar-refractivity contribution in [3.63, 3.8) is 0 Å². The summed E-state index contributed by atoms with van der Waals surface area (Å²) in [5, 5.41) is 12.7. The van der Waals surface area contributed by atoms with Gasteiger partial charge in [0.2, 0.25) is 5.82 Å². The lowest BCUT2D eigenvalue weighted by molar-refractivity contribution is -0.580. The summed E-state index contributed by atoms with van der Waals surface area (Å²) in [6.07, 6.45) is 0.412. The number of aromatic nitrogens is 2. The molecule has 0 bridgehead atoms. The molecule has 1 aliphatic rings. The Morgan fingerprint density at radius 1 is 1.65 bits per heavy atom. The van der Waals surface area contributed by atoms with Crippen LogP contribution in [0.3, 0.4) is 0 Å². The van der Waals surface area contributed by atoms with Crippen molar-refractivity contribution >= 4 is 24.0 Å². The highest BCUT2D eigenvalue weighted by atomic mass is 16.7. The highest BCUT2D eigenvalue weighted by Crippen LogP contribution is 2.19. The second kappa shape index (κ2) is 6.35. The zero-order chi connectivity index (χ0) is 14.5. The number of hydrogen-bond acceptors (Lipinski definition) is 7. The number of hydroxylamine groups is 1. The average molecular weight is 283 g/mol. The number of rotatable bonds is 5. The van der Waals surface area contributed by atoms with Gasteiger partial charge in [-0.25, -0.2) is 9.57 Å². The summed E-state index contributed by atoms with van der Waals surface area (Å²) >= 11 is 0. The van der Waals surface area contributed by atoms with E-state index in [0.29, 0.717) is 43.3 Å². The number of carbonyl (C=O) groups excluding carboxylic acids is 1. The van der Waals surface area contributed by atoms with Crippen molar-refractivity contribution in [3.8, 4) is 0 Å². The molecule has 2 N–H and O–H groups in total. The van der Waals surface area contributed by atoms with Gasteiger partial charge in [0, 0.05) is 13.1 Å². The van der Waals surface area contributed by atoms with Crippen LogP contribution in [0, 0.1) is 5.21 Å². The summed E-state index contributed by atoms with van der Waals surface area (Å²) in [7, 11) is 0. The molecule has 9 nitrogen and oxygen atoms in total. The molecule has 0 aliphatic carbocycles. The summed E-state index contributed by atoms with van der Waals surface area (Å²) < 4.78 is 5.61. The van der Waals surface area contributed by atoms with Crippen LogP contribution in [0.5, 0.6) is 0 Å². The van der Waals surface area contributed by atoms with Crippen LogP contribution in [0.25, 0.3) is 0 Å². The van der Waals surface area contributed by atoms with Crippen LogP contribution in [-0.2, 0) is 14.4 Å². The highest BCUT2D eigenvalue weighted by molar-refractivity contribution is 5.70. The molecule has 20 heavy (non-hydrogen) atoms. The molecular formula is C11H17N5O4. The molecule has 0 atom stereocenters. The molecule has 0 aromatic carbocycles. The van der Waals surface area contributed by atoms with E-state index in [2.05, 4.69) is 4.98 Å². The average Bonchev–Trinajstić information content (AvgIpc) is 2.48. The normalized spacial score (nSPS) is 15.2. The number of nitrogen functional groups attached to an aromatic ring is 1. The Hall–Kier alpha value is -2.13. The molecule has 0 saturated carbocycles. The van der Waals surface area contributed by atoms with Gasteiger partial charge in [0.15, 0.2) is 5.82 Å². The maximum absolute atomic E-state index is 11.9. The van der Waals surface area contributed by atoms with Crippen molar-refractivity contribution in [3.05, 3.63) is 11.3 Å². The first kappa shape index (κ1) is 14.3. The second-order valence-corrected chi connectivity index (χ2v) is 4.07. The lowest BCUT2D eigenvalue weighted by atomic mass is 10.4. The van der Waals surface area contributed by atoms with Crippen LogP contribution in [-0.4, -0.2) is 44.3 Å². The standard InChI is InChI=1S/C11H17N5O4/c1-2-20-15(8-17)10-7-9(13-11(12)16(10)18)14-3-5-19-6-4-14/h7-8H,2-6H2,1H3,(H2,12,13). The number of hydrogen-bond donors (Lipinski definition) is 1. The van der Waals surface area contributed by atoms with E-state index in [1.807, 2.05) is 4.90 Å². The quantitative estimate of drug-likeness (QED) is 0.321. The summed E-state index contributed by atoms with van der Waals surface area (Å²) in [6, 6.07) is 1.47. The lowest BCUT2D eigenvalue weighted by Crippen LogP contribution is -2.43. The van der Waals surface area contributed by atoms with E-state index in [-0.39, 0.29) is 18.4 Å². The van der Waals surface area contributed by atoms with E-state index in [1.54, 1.807) is 6.92 Å². The van der Waals surface area contributed by atoms with Crippen molar-refractivity contribution < 1.29 is 19.1 Å². The summed E-state index contributed by atoms with van der Waals surface area (Å²) in [5.41, 5.74) is 5.60. The fourth-order valence-electron chi connectivity index (χ4n) is 1.88. The lowest BCUT2D eigenvalue weighted by Gasteiger charge is -2.27. The van der Waals surface area contributed by atoms with Crippen LogP contribution in [0.4, 0.5) is 17.6 Å². The van der Waals surface area contributed by atoms with Gasteiger partial charge >= 0.3 is 5.95 Å². The van der Waals surface area contributed by atoms with Gasteiger partial charge in [0.1, 0.15) is 0 Å². The van der Waals surface area contributed by atoms with E-state index in [0.717, 1.165) is 5.06 Å². The SMILES string of the molecule is CCON(C=O)c1cc(N2CCOCC2)nc(N)[n+]1[O-]. The van der Waals surface area contributed by atoms with E-state index < -0.39 is 0 Å². The molecule has 9 heteroatoms. The van der Waals surface area contributed by atoms with Gasteiger partial charge < -0.3 is 20.6 Å². The van der Waals surface area contributed by atoms with Crippen molar-refractivity contribution in [1.82, 2.24) is 4.98 Å². The first-order valence-electron chi connectivity index (χ1n) is 6.27. The van der Waals surface area contributed by atoms with E-state index in [4.69, 9.17) is 15.3 Å². The van der Waals surface area contributed by atoms with Gasteiger partial charge in [-0.2, -0.15) is 0 Å². The Balaban J connectivity index is 2.35. The minimum absolute atomic E-state index is 0.0177. The Kier molecular flexibility index (Phi) is 4.53. The number of nitrogens with zero attached hydrogens (tertiary/aromatic N) is 4. The van der Waals surface area contributed by atoms with E-state index in [1.165, 1.54) is 6.07 Å². The molecule has 1 aromatic rings. The van der Waals surface area contributed by atoms with E-state index >= 15 is 0 Å². The smallest absolute Gasteiger partial charge is 0.346 e. The van der Waals surface area contributed by atoms with Crippen LogP contribution in [0.15, 0.2) is 6.07 Å². The Labute approximate surface area is 116 Å². The van der Waals surface area contributed by atoms with Gasteiger partial charge in [-0.1, -0.05) is 4.98 Å². The van der Waals surface area contributed by atoms with Gasteiger partial charge in [0.05, 0.1) is 25.9 Å². The molecule has 2 rings (SSSR count). The van der Waals surface area contributed by atoms with Gasteiger partial charge in [-0.05, 0) is 6.92 Å². The number of carbonyl (C=O) groups is 1. The molecule has 0 spiro atoms. The highest BCUT2D eigenvalue weighted by Gasteiger charge is 2.22. The molecule has 1 fully saturated rings. The molecule has 1 aliphatic heterocycles. The van der Waals surface area contributed by atoms with E-state index in [9.17, 15) is 10.0 Å². The van der Waals surface area contributed by atoms with Crippen molar-refractivity contribution in [2.24, 2.45) is 0 Å². The number of ether oxygens (including phenoxy) is 1. The predicted molar refractivity (Wildman–Crippen MR) is 70.8 cm³/mol. The predicted octanol–water partition coefficient (Wildman–Crippen LogP) is -0.952. The Morgan fingerprint density at radius 2 is 2.35 bits per heavy atom. The molecule has 0 radical (unpaired) electrons. The molecule has 1 saturated heterocycles. The van der Waals surface area contributed by atoms with Gasteiger partial charge in [0.25, 0.3) is 6.41 Å². The molecule has 0 unspecified atom stereocenters. The zero-order valence-corrected chi connectivity index (χ0v) is 11.2.